The summed E-state index contributed by atoms with van der Waals surface area (Å²) >= 11 is 5.96. The summed E-state index contributed by atoms with van der Waals surface area (Å²) in [5.74, 6) is 0.186. The second-order valence-electron chi connectivity index (χ2n) is 3.63. The maximum Gasteiger partial charge on any atom is 0.237 e. The molecule has 82 valence electrons. The molecule has 0 aromatic heterocycles. The third-order valence-corrected chi connectivity index (χ3v) is 2.84. The van der Waals surface area contributed by atoms with E-state index in [4.69, 9.17) is 11.6 Å². The second-order valence-corrected chi connectivity index (χ2v) is 4.16. The van der Waals surface area contributed by atoms with Crippen LogP contribution in [0.2, 0.25) is 0 Å². The third-order valence-electron chi connectivity index (χ3n) is 2.46. The van der Waals surface area contributed by atoms with Crippen molar-refractivity contribution in [2.24, 2.45) is 0 Å². The van der Waals surface area contributed by atoms with Crippen molar-refractivity contribution in [1.29, 1.82) is 0 Å². The molecule has 0 spiro atoms. The molecular weight excluding hydrogens is 210 g/mol. The van der Waals surface area contributed by atoms with Crippen LogP contribution in [0.4, 0.5) is 0 Å². The van der Waals surface area contributed by atoms with E-state index in [1.165, 1.54) is 5.56 Å². The van der Waals surface area contributed by atoms with Crippen molar-refractivity contribution in [2.75, 3.05) is 7.05 Å². The topological polar surface area (TPSA) is 29.1 Å². The Morgan fingerprint density at radius 2 is 2.00 bits per heavy atom. The SMILES string of the molecule is CNC(=O)C(Cl)CC(C)c1ccccc1. The molecule has 0 heterocycles. The Kier molecular flexibility index (Phi) is 4.63. The molecular formula is C12H16ClNO. The molecule has 3 heteroatoms. The fourth-order valence-electron chi connectivity index (χ4n) is 1.49. The van der Waals surface area contributed by atoms with Gasteiger partial charge in [-0.2, -0.15) is 0 Å². The summed E-state index contributed by atoms with van der Waals surface area (Å²) < 4.78 is 0. The largest absolute Gasteiger partial charge is 0.358 e. The predicted molar refractivity (Wildman–Crippen MR) is 63.2 cm³/mol. The summed E-state index contributed by atoms with van der Waals surface area (Å²) in [5, 5.41) is 2.10. The Bertz CT molecular complexity index is 313. The van der Waals surface area contributed by atoms with Crippen LogP contribution in [0.25, 0.3) is 0 Å². The van der Waals surface area contributed by atoms with Crippen molar-refractivity contribution in [3.05, 3.63) is 35.9 Å². The molecule has 0 fully saturated rings. The van der Waals surface area contributed by atoms with Crippen molar-refractivity contribution in [3.63, 3.8) is 0 Å². The fraction of sp³-hybridized carbons (Fsp3) is 0.417. The molecule has 2 unspecified atom stereocenters. The van der Waals surface area contributed by atoms with E-state index in [1.54, 1.807) is 7.05 Å². The molecule has 0 aliphatic rings. The molecule has 1 aromatic carbocycles. The lowest BCUT2D eigenvalue weighted by Gasteiger charge is -2.14. The van der Waals surface area contributed by atoms with E-state index >= 15 is 0 Å². The van der Waals surface area contributed by atoms with Gasteiger partial charge in [0.05, 0.1) is 0 Å². The summed E-state index contributed by atoms with van der Waals surface area (Å²) in [4.78, 5) is 11.2. The first-order valence-electron chi connectivity index (χ1n) is 5.05. The molecule has 0 saturated carbocycles. The molecule has 2 nitrogen and oxygen atoms in total. The highest BCUT2D eigenvalue weighted by atomic mass is 35.5. The van der Waals surface area contributed by atoms with E-state index in [-0.39, 0.29) is 5.91 Å². The Hall–Kier alpha value is -1.02. The number of benzene rings is 1. The van der Waals surface area contributed by atoms with Gasteiger partial charge in [0, 0.05) is 7.05 Å². The number of carbonyl (C=O) groups excluding carboxylic acids is 1. The van der Waals surface area contributed by atoms with Gasteiger partial charge in [-0.15, -0.1) is 11.6 Å². The number of halogens is 1. The monoisotopic (exact) mass is 225 g/mol. The Labute approximate surface area is 95.6 Å². The van der Waals surface area contributed by atoms with Crippen LogP contribution in [0.3, 0.4) is 0 Å². The van der Waals surface area contributed by atoms with Crippen molar-refractivity contribution in [1.82, 2.24) is 5.32 Å². The molecule has 0 radical (unpaired) electrons. The van der Waals surface area contributed by atoms with Crippen LogP contribution < -0.4 is 5.32 Å². The first kappa shape index (κ1) is 12.1. The van der Waals surface area contributed by atoms with Gasteiger partial charge in [-0.3, -0.25) is 4.79 Å². The van der Waals surface area contributed by atoms with Crippen molar-refractivity contribution in [3.8, 4) is 0 Å². The van der Waals surface area contributed by atoms with Crippen LogP contribution >= 0.6 is 11.6 Å². The number of alkyl halides is 1. The zero-order valence-corrected chi connectivity index (χ0v) is 9.79. The lowest BCUT2D eigenvalue weighted by Crippen LogP contribution is -2.28. The fourth-order valence-corrected chi connectivity index (χ4v) is 1.87. The zero-order valence-electron chi connectivity index (χ0n) is 9.03. The normalized spacial score (nSPS) is 14.3. The molecule has 15 heavy (non-hydrogen) atoms. The van der Waals surface area contributed by atoms with Crippen molar-refractivity contribution in [2.45, 2.75) is 24.6 Å². The summed E-state index contributed by atoms with van der Waals surface area (Å²) in [5.41, 5.74) is 1.21. The van der Waals surface area contributed by atoms with Crippen molar-refractivity contribution < 1.29 is 4.79 Å². The average molecular weight is 226 g/mol. The second kappa shape index (κ2) is 5.76. The minimum absolute atomic E-state index is 0.112. The standard InChI is InChI=1S/C12H16ClNO/c1-9(8-11(13)12(15)14-2)10-6-4-3-5-7-10/h3-7,9,11H,8H2,1-2H3,(H,14,15). The molecule has 2 atom stereocenters. The van der Waals surface area contributed by atoms with Gasteiger partial charge in [0.2, 0.25) is 5.91 Å². The summed E-state index contributed by atoms with van der Waals surface area (Å²) in [7, 11) is 1.60. The number of hydrogen-bond acceptors (Lipinski definition) is 1. The van der Waals surface area contributed by atoms with Gasteiger partial charge in [-0.1, -0.05) is 37.3 Å². The van der Waals surface area contributed by atoms with Crippen molar-refractivity contribution >= 4 is 17.5 Å². The molecule has 1 N–H and O–H groups in total. The van der Waals surface area contributed by atoms with Gasteiger partial charge >= 0.3 is 0 Å². The van der Waals surface area contributed by atoms with Gasteiger partial charge in [0.15, 0.2) is 0 Å². The number of nitrogens with one attached hydrogen (secondary N) is 1. The molecule has 1 aromatic rings. The van der Waals surface area contributed by atoms with Gasteiger partial charge in [-0.05, 0) is 17.9 Å². The lowest BCUT2D eigenvalue weighted by atomic mass is 9.96. The highest BCUT2D eigenvalue weighted by molar-refractivity contribution is 6.30. The highest BCUT2D eigenvalue weighted by Crippen LogP contribution is 2.22. The number of rotatable bonds is 4. The molecule has 1 amide bonds. The summed E-state index contributed by atoms with van der Waals surface area (Å²) in [6.45, 7) is 2.08. The van der Waals surface area contributed by atoms with Gasteiger partial charge in [-0.25, -0.2) is 0 Å². The number of carbonyl (C=O) groups is 1. The van der Waals surface area contributed by atoms with Crippen LogP contribution in [0.1, 0.15) is 24.8 Å². The van der Waals surface area contributed by atoms with E-state index in [1.807, 2.05) is 18.2 Å². The van der Waals surface area contributed by atoms with E-state index in [2.05, 4.69) is 24.4 Å². The average Bonchev–Trinajstić information content (AvgIpc) is 2.29. The molecule has 1 rings (SSSR count). The Morgan fingerprint density at radius 1 is 1.40 bits per heavy atom. The maximum atomic E-state index is 11.2. The number of hydrogen-bond donors (Lipinski definition) is 1. The van der Waals surface area contributed by atoms with Crippen LogP contribution in [0, 0.1) is 0 Å². The molecule has 0 aliphatic heterocycles. The first-order valence-corrected chi connectivity index (χ1v) is 5.49. The van der Waals surface area contributed by atoms with Crippen LogP contribution in [-0.4, -0.2) is 18.3 Å². The Balaban J connectivity index is 2.56. The van der Waals surface area contributed by atoms with Gasteiger partial charge < -0.3 is 5.32 Å². The maximum absolute atomic E-state index is 11.2. The van der Waals surface area contributed by atoms with E-state index < -0.39 is 5.38 Å². The lowest BCUT2D eigenvalue weighted by molar-refractivity contribution is -0.120. The van der Waals surface area contributed by atoms with E-state index in [0.29, 0.717) is 12.3 Å². The van der Waals surface area contributed by atoms with Crippen LogP contribution in [-0.2, 0) is 4.79 Å². The smallest absolute Gasteiger partial charge is 0.237 e. The minimum atomic E-state index is -0.454. The summed E-state index contributed by atoms with van der Waals surface area (Å²) in [6, 6.07) is 10.1. The Morgan fingerprint density at radius 3 is 2.53 bits per heavy atom. The summed E-state index contributed by atoms with van der Waals surface area (Å²) in [6.07, 6.45) is 0.658. The van der Waals surface area contributed by atoms with E-state index in [9.17, 15) is 4.79 Å². The van der Waals surface area contributed by atoms with Crippen LogP contribution in [0.5, 0.6) is 0 Å². The molecule has 0 saturated heterocycles. The van der Waals surface area contributed by atoms with Crippen LogP contribution in [0.15, 0.2) is 30.3 Å². The third kappa shape index (κ3) is 3.56. The molecule has 0 aliphatic carbocycles. The predicted octanol–water partition coefficient (Wildman–Crippen LogP) is 2.53. The zero-order chi connectivity index (χ0) is 11.3. The van der Waals surface area contributed by atoms with Gasteiger partial charge in [0.1, 0.15) is 5.38 Å². The minimum Gasteiger partial charge on any atom is -0.358 e. The molecule has 0 bridgehead atoms. The number of amides is 1. The van der Waals surface area contributed by atoms with Gasteiger partial charge in [0.25, 0.3) is 0 Å². The highest BCUT2D eigenvalue weighted by Gasteiger charge is 2.17. The van der Waals surface area contributed by atoms with E-state index in [0.717, 1.165) is 0 Å². The first-order chi connectivity index (χ1) is 7.15. The quantitative estimate of drug-likeness (QED) is 0.784.